The predicted molar refractivity (Wildman–Crippen MR) is 117 cm³/mol. The number of aromatic amines is 1. The fourth-order valence-electron chi connectivity index (χ4n) is 2.40. The van der Waals surface area contributed by atoms with Crippen LogP contribution in [0.25, 0.3) is 0 Å². The molecule has 0 fully saturated rings. The van der Waals surface area contributed by atoms with Crippen molar-refractivity contribution in [3.63, 3.8) is 0 Å². The number of hydrazone groups is 1. The molecule has 3 heterocycles. The number of nitrogens with zero attached hydrogens (tertiary/aromatic N) is 4. The molecule has 13 heteroatoms. The van der Waals surface area contributed by atoms with Gasteiger partial charge in [0.15, 0.2) is 5.76 Å². The van der Waals surface area contributed by atoms with Crippen LogP contribution in [0.2, 0.25) is 0 Å². The van der Waals surface area contributed by atoms with Crippen molar-refractivity contribution in [3.8, 4) is 5.75 Å². The second kappa shape index (κ2) is 9.04. The van der Waals surface area contributed by atoms with Gasteiger partial charge < -0.3 is 19.5 Å². The number of aromatic nitrogens is 3. The van der Waals surface area contributed by atoms with Gasteiger partial charge in [-0.1, -0.05) is 17.9 Å². The molecule has 160 valence electrons. The molecule has 0 aliphatic carbocycles. The number of carbonyl (C=O) groups excluding carboxylic acids is 1. The van der Waals surface area contributed by atoms with Crippen LogP contribution in [0.15, 0.2) is 55.8 Å². The second-order valence-corrected chi connectivity index (χ2v) is 6.87. The van der Waals surface area contributed by atoms with E-state index >= 15 is 0 Å². The Morgan fingerprint density at radius 2 is 2.13 bits per heavy atom. The summed E-state index contributed by atoms with van der Waals surface area (Å²) in [5, 5.41) is 18.6. The van der Waals surface area contributed by atoms with E-state index in [1.807, 2.05) is 0 Å². The second-order valence-electron chi connectivity index (χ2n) is 5.92. The van der Waals surface area contributed by atoms with Gasteiger partial charge >= 0.3 is 5.63 Å². The predicted octanol–water partition coefficient (Wildman–Crippen LogP) is 2.14. The lowest BCUT2D eigenvalue weighted by molar-refractivity contribution is 0.0991. The van der Waals surface area contributed by atoms with E-state index in [9.17, 15) is 14.4 Å². The zero-order chi connectivity index (χ0) is 22.5. The average molecular weight is 443 g/mol. The molecule has 1 amide bonds. The smallest absolute Gasteiger partial charge is 0.381 e. The number of carbonyl (C=O) groups is 1. The fraction of sp³-hybridized carbons (Fsp3) is 0.111. The van der Waals surface area contributed by atoms with Crippen LogP contribution in [0.1, 0.15) is 17.5 Å². The van der Waals surface area contributed by atoms with Crippen LogP contribution in [0.5, 0.6) is 5.75 Å². The van der Waals surface area contributed by atoms with Crippen molar-refractivity contribution in [2.24, 2.45) is 5.10 Å². The van der Waals surface area contributed by atoms with Gasteiger partial charge in [-0.15, -0.1) is 10.2 Å². The molecular weight excluding hydrogens is 426 g/mol. The maximum atomic E-state index is 12.6. The molecule has 0 saturated heterocycles. The summed E-state index contributed by atoms with van der Waals surface area (Å²) in [7, 11) is 1.26. The largest absolute Gasteiger partial charge is 0.488 e. The number of nitrogens with one attached hydrogen (secondary N) is 3. The number of hydrogen-bond acceptors (Lipinski definition) is 11. The van der Waals surface area contributed by atoms with Crippen LogP contribution in [0.3, 0.4) is 0 Å². The van der Waals surface area contributed by atoms with Crippen LogP contribution >= 0.6 is 11.3 Å². The van der Waals surface area contributed by atoms with Crippen LogP contribution in [0, 0.1) is 0 Å². The molecule has 3 aromatic rings. The third-order valence-corrected chi connectivity index (χ3v) is 4.56. The lowest BCUT2D eigenvalue weighted by Crippen LogP contribution is -2.18. The maximum absolute atomic E-state index is 12.6. The lowest BCUT2D eigenvalue weighted by Gasteiger charge is -2.12. The third kappa shape index (κ3) is 4.67. The standard InChI is InChI=1S/C18H17N7O5S/c1-9(2)25(19-3)18-24-23-17(31-18)22-15(27)12-8-11(13(29-4)16(28)30-12)21-10-6-5-7-20-14(10)26/h5-8,21H,1,3H2,2,4H3,(H,20,26)(H,22,23,27). The highest BCUT2D eigenvalue weighted by molar-refractivity contribution is 7.19. The number of pyridine rings is 1. The molecule has 0 saturated carbocycles. The van der Waals surface area contributed by atoms with Crippen LogP contribution in [0.4, 0.5) is 21.6 Å². The highest BCUT2D eigenvalue weighted by atomic mass is 32.1. The SMILES string of the molecule is C=NN(C(=C)C)c1nnc(NC(=O)c2cc(Nc3ccc[nH]c3=O)c(OC)c(=O)o2)s1. The number of amides is 1. The van der Waals surface area contributed by atoms with E-state index in [0.29, 0.717) is 10.8 Å². The summed E-state index contributed by atoms with van der Waals surface area (Å²) in [6.45, 7) is 8.87. The molecule has 0 radical (unpaired) electrons. The zero-order valence-corrected chi connectivity index (χ0v) is 17.3. The van der Waals surface area contributed by atoms with Crippen molar-refractivity contribution in [1.82, 2.24) is 15.2 Å². The van der Waals surface area contributed by atoms with Crippen LogP contribution in [-0.4, -0.2) is 34.9 Å². The summed E-state index contributed by atoms with van der Waals surface area (Å²) in [5.74, 6) is -1.30. The average Bonchev–Trinajstić information content (AvgIpc) is 3.17. The van der Waals surface area contributed by atoms with Crippen molar-refractivity contribution in [1.29, 1.82) is 0 Å². The van der Waals surface area contributed by atoms with Crippen molar-refractivity contribution in [2.45, 2.75) is 6.92 Å². The number of anilines is 4. The Kier molecular flexibility index (Phi) is 6.26. The zero-order valence-electron chi connectivity index (χ0n) is 16.5. The summed E-state index contributed by atoms with van der Waals surface area (Å²) in [4.78, 5) is 39.3. The van der Waals surface area contributed by atoms with E-state index in [1.165, 1.54) is 30.4 Å². The van der Waals surface area contributed by atoms with Gasteiger partial charge in [-0.25, -0.2) is 9.80 Å². The van der Waals surface area contributed by atoms with E-state index in [1.54, 1.807) is 13.0 Å². The highest BCUT2D eigenvalue weighted by Crippen LogP contribution is 2.28. The van der Waals surface area contributed by atoms with Gasteiger partial charge in [-0.2, -0.15) is 5.10 Å². The molecule has 3 N–H and O–H groups in total. The third-order valence-electron chi connectivity index (χ3n) is 3.74. The monoisotopic (exact) mass is 443 g/mol. The Morgan fingerprint density at radius 3 is 2.77 bits per heavy atom. The van der Waals surface area contributed by atoms with Crippen LogP contribution in [-0.2, 0) is 0 Å². The lowest BCUT2D eigenvalue weighted by atomic mass is 10.3. The number of ether oxygens (including phenoxy) is 1. The maximum Gasteiger partial charge on any atom is 0.381 e. The Hall–Kier alpha value is -4.26. The van der Waals surface area contributed by atoms with Crippen molar-refractivity contribution >= 4 is 45.6 Å². The minimum absolute atomic E-state index is 0.0721. The summed E-state index contributed by atoms with van der Waals surface area (Å²) < 4.78 is 10.1. The van der Waals surface area contributed by atoms with Gasteiger partial charge in [0.25, 0.3) is 11.5 Å². The molecule has 0 aliphatic rings. The molecule has 0 atom stereocenters. The summed E-state index contributed by atoms with van der Waals surface area (Å²) in [6, 6.07) is 4.32. The first-order chi connectivity index (χ1) is 14.8. The molecule has 3 aromatic heterocycles. The first-order valence-corrected chi connectivity index (χ1v) is 9.39. The first-order valence-electron chi connectivity index (χ1n) is 8.58. The summed E-state index contributed by atoms with van der Waals surface area (Å²) in [6.07, 6.45) is 1.45. The van der Waals surface area contributed by atoms with E-state index in [-0.39, 0.29) is 28.0 Å². The minimum atomic E-state index is -0.910. The molecule has 0 aliphatic heterocycles. The van der Waals surface area contributed by atoms with Gasteiger partial charge in [0.05, 0.1) is 12.8 Å². The van der Waals surface area contributed by atoms with Crippen molar-refractivity contribution < 1.29 is 13.9 Å². The van der Waals surface area contributed by atoms with Crippen molar-refractivity contribution in [2.75, 3.05) is 22.8 Å². The molecule has 0 spiro atoms. The van der Waals surface area contributed by atoms with Gasteiger partial charge in [0.2, 0.25) is 16.0 Å². The van der Waals surface area contributed by atoms with Gasteiger partial charge in [-0.05, 0) is 19.1 Å². The van der Waals surface area contributed by atoms with E-state index in [4.69, 9.17) is 9.15 Å². The molecule has 0 bridgehead atoms. The minimum Gasteiger partial charge on any atom is -0.488 e. The van der Waals surface area contributed by atoms with Crippen molar-refractivity contribution in [3.05, 3.63) is 63.2 Å². The molecule has 0 unspecified atom stereocenters. The van der Waals surface area contributed by atoms with Crippen LogP contribution < -0.4 is 31.6 Å². The molecule has 0 aromatic carbocycles. The Morgan fingerprint density at radius 1 is 1.35 bits per heavy atom. The Bertz CT molecular complexity index is 1260. The molecule has 31 heavy (non-hydrogen) atoms. The van der Waals surface area contributed by atoms with E-state index in [2.05, 4.69) is 44.2 Å². The molecule has 3 rings (SSSR count). The highest BCUT2D eigenvalue weighted by Gasteiger charge is 2.20. The van der Waals surface area contributed by atoms with Gasteiger partial charge in [0, 0.05) is 24.7 Å². The fourth-order valence-corrected chi connectivity index (χ4v) is 3.18. The summed E-state index contributed by atoms with van der Waals surface area (Å²) >= 11 is 1.01. The number of H-pyrrole nitrogens is 1. The summed E-state index contributed by atoms with van der Waals surface area (Å²) in [5.41, 5.74) is -0.571. The van der Waals surface area contributed by atoms with Gasteiger partial charge in [-0.3, -0.25) is 14.9 Å². The number of hydrogen-bond donors (Lipinski definition) is 3. The molecular formula is C18H17N7O5S. The topological polar surface area (TPSA) is 155 Å². The van der Waals surface area contributed by atoms with E-state index in [0.717, 1.165) is 11.3 Å². The van der Waals surface area contributed by atoms with E-state index < -0.39 is 17.1 Å². The quantitative estimate of drug-likeness (QED) is 0.351. The Balaban J connectivity index is 1.89. The Labute approximate surface area is 178 Å². The van der Waals surface area contributed by atoms with Gasteiger partial charge in [0.1, 0.15) is 5.69 Å². The number of rotatable bonds is 8. The molecule has 12 nitrogen and oxygen atoms in total. The number of methoxy groups -OCH3 is 1. The normalized spacial score (nSPS) is 10.3. The number of allylic oxidation sites excluding steroid dienone is 1. The first kappa shape index (κ1) is 21.4.